The summed E-state index contributed by atoms with van der Waals surface area (Å²) >= 11 is 0. The zero-order valence-corrected chi connectivity index (χ0v) is 10.7. The standard InChI is InChI=1S/C12H14N4O3/c1-3-18-11-14-10(13)15-12(16-11)19-9-6-4-8(17-2)5-7-9/h4-7H,3H2,1-2H3,(H2,13,14,15,16). The predicted molar refractivity (Wildman–Crippen MR) is 68.5 cm³/mol. The van der Waals surface area contributed by atoms with Crippen LogP contribution in [0.25, 0.3) is 0 Å². The van der Waals surface area contributed by atoms with Crippen molar-refractivity contribution in [2.45, 2.75) is 6.92 Å². The molecule has 0 aliphatic carbocycles. The minimum Gasteiger partial charge on any atom is -0.497 e. The van der Waals surface area contributed by atoms with Gasteiger partial charge >= 0.3 is 12.0 Å². The van der Waals surface area contributed by atoms with Gasteiger partial charge in [0.2, 0.25) is 5.95 Å². The molecule has 1 aromatic heterocycles. The summed E-state index contributed by atoms with van der Waals surface area (Å²) in [5, 5.41) is 0. The largest absolute Gasteiger partial charge is 0.497 e. The molecule has 0 spiro atoms. The molecular weight excluding hydrogens is 248 g/mol. The van der Waals surface area contributed by atoms with Crippen LogP contribution in [0.3, 0.4) is 0 Å². The van der Waals surface area contributed by atoms with E-state index >= 15 is 0 Å². The second kappa shape index (κ2) is 5.85. The molecule has 2 aromatic rings. The zero-order chi connectivity index (χ0) is 13.7. The lowest BCUT2D eigenvalue weighted by atomic mass is 10.3. The number of nitrogens with two attached hydrogens (primary N) is 1. The van der Waals surface area contributed by atoms with Crippen LogP contribution in [0.5, 0.6) is 23.5 Å². The summed E-state index contributed by atoms with van der Waals surface area (Å²) in [6.45, 7) is 2.26. The summed E-state index contributed by atoms with van der Waals surface area (Å²) in [6, 6.07) is 7.23. The van der Waals surface area contributed by atoms with Crippen LogP contribution in [-0.4, -0.2) is 28.7 Å². The Labute approximate surface area is 110 Å². The summed E-state index contributed by atoms with van der Waals surface area (Å²) in [6.07, 6.45) is 0. The maximum absolute atomic E-state index is 5.55. The lowest BCUT2D eigenvalue weighted by molar-refractivity contribution is 0.304. The molecule has 0 aliphatic rings. The van der Waals surface area contributed by atoms with E-state index in [-0.39, 0.29) is 18.0 Å². The molecule has 2 rings (SSSR count). The van der Waals surface area contributed by atoms with E-state index in [1.807, 2.05) is 6.92 Å². The van der Waals surface area contributed by atoms with E-state index in [2.05, 4.69) is 15.0 Å². The summed E-state index contributed by atoms with van der Waals surface area (Å²) in [5.41, 5.74) is 5.55. The lowest BCUT2D eigenvalue weighted by Gasteiger charge is -2.06. The topological polar surface area (TPSA) is 92.4 Å². The first kappa shape index (κ1) is 12.9. The Morgan fingerprint density at radius 2 is 1.63 bits per heavy atom. The molecule has 0 aliphatic heterocycles. The maximum atomic E-state index is 5.55. The van der Waals surface area contributed by atoms with Crippen LogP contribution >= 0.6 is 0 Å². The highest BCUT2D eigenvalue weighted by molar-refractivity contribution is 5.33. The van der Waals surface area contributed by atoms with Crippen LogP contribution in [0.4, 0.5) is 5.95 Å². The first-order valence-corrected chi connectivity index (χ1v) is 5.67. The Kier molecular flexibility index (Phi) is 3.97. The highest BCUT2D eigenvalue weighted by Gasteiger charge is 2.07. The first-order chi connectivity index (χ1) is 9.21. The van der Waals surface area contributed by atoms with E-state index in [0.717, 1.165) is 5.75 Å². The molecular formula is C12H14N4O3. The molecule has 19 heavy (non-hydrogen) atoms. The highest BCUT2D eigenvalue weighted by atomic mass is 16.5. The molecule has 7 nitrogen and oxygen atoms in total. The second-order valence-corrected chi connectivity index (χ2v) is 3.47. The fraction of sp³-hybridized carbons (Fsp3) is 0.250. The number of hydrogen-bond donors (Lipinski definition) is 1. The van der Waals surface area contributed by atoms with Gasteiger partial charge in [0.1, 0.15) is 11.5 Å². The average molecular weight is 262 g/mol. The number of aromatic nitrogens is 3. The van der Waals surface area contributed by atoms with Crippen molar-refractivity contribution >= 4 is 5.95 Å². The SMILES string of the molecule is CCOc1nc(N)nc(Oc2ccc(OC)cc2)n1. The van der Waals surface area contributed by atoms with Gasteiger partial charge < -0.3 is 19.9 Å². The van der Waals surface area contributed by atoms with Crippen LogP contribution in [0, 0.1) is 0 Å². The van der Waals surface area contributed by atoms with Crippen molar-refractivity contribution in [1.82, 2.24) is 15.0 Å². The number of benzene rings is 1. The number of ether oxygens (including phenoxy) is 3. The van der Waals surface area contributed by atoms with Gasteiger partial charge in [-0.15, -0.1) is 4.98 Å². The van der Waals surface area contributed by atoms with Gasteiger partial charge in [-0.25, -0.2) is 0 Å². The molecule has 1 aromatic carbocycles. The third-order valence-electron chi connectivity index (χ3n) is 2.15. The minimum absolute atomic E-state index is 0.0435. The van der Waals surface area contributed by atoms with E-state index in [4.69, 9.17) is 19.9 Å². The third kappa shape index (κ3) is 3.44. The maximum Gasteiger partial charge on any atom is 0.330 e. The molecule has 0 radical (unpaired) electrons. The van der Waals surface area contributed by atoms with Crippen molar-refractivity contribution in [1.29, 1.82) is 0 Å². The van der Waals surface area contributed by atoms with Gasteiger partial charge in [-0.1, -0.05) is 0 Å². The van der Waals surface area contributed by atoms with Crippen molar-refractivity contribution < 1.29 is 14.2 Å². The number of methoxy groups -OCH3 is 1. The van der Waals surface area contributed by atoms with Crippen LogP contribution in [0.2, 0.25) is 0 Å². The Morgan fingerprint density at radius 1 is 1.00 bits per heavy atom. The van der Waals surface area contributed by atoms with Gasteiger partial charge in [0.25, 0.3) is 0 Å². The number of nitrogens with zero attached hydrogens (tertiary/aromatic N) is 3. The molecule has 0 saturated heterocycles. The molecule has 0 saturated carbocycles. The van der Waals surface area contributed by atoms with E-state index in [0.29, 0.717) is 12.4 Å². The Bertz CT molecular complexity index is 545. The van der Waals surface area contributed by atoms with E-state index in [1.54, 1.807) is 31.4 Å². The summed E-state index contributed by atoms with van der Waals surface area (Å²) in [7, 11) is 1.59. The molecule has 1 heterocycles. The van der Waals surface area contributed by atoms with Crippen LogP contribution in [0.15, 0.2) is 24.3 Å². The summed E-state index contributed by atoms with van der Waals surface area (Å²) < 4.78 is 15.7. The highest BCUT2D eigenvalue weighted by Crippen LogP contribution is 2.22. The molecule has 0 atom stereocenters. The number of hydrogen-bond acceptors (Lipinski definition) is 7. The van der Waals surface area contributed by atoms with Gasteiger partial charge in [0.05, 0.1) is 13.7 Å². The molecule has 0 unspecified atom stereocenters. The van der Waals surface area contributed by atoms with Gasteiger partial charge in [-0.3, -0.25) is 0 Å². The fourth-order valence-corrected chi connectivity index (χ4v) is 1.34. The molecule has 0 amide bonds. The Balaban J connectivity index is 2.17. The minimum atomic E-state index is 0.0435. The average Bonchev–Trinajstić information content (AvgIpc) is 2.39. The van der Waals surface area contributed by atoms with Crippen LogP contribution in [-0.2, 0) is 0 Å². The first-order valence-electron chi connectivity index (χ1n) is 5.67. The zero-order valence-electron chi connectivity index (χ0n) is 10.7. The van der Waals surface area contributed by atoms with Gasteiger partial charge in [-0.05, 0) is 31.2 Å². The van der Waals surface area contributed by atoms with E-state index < -0.39 is 0 Å². The van der Waals surface area contributed by atoms with Crippen LogP contribution in [0.1, 0.15) is 6.92 Å². The molecule has 0 bridgehead atoms. The van der Waals surface area contributed by atoms with Gasteiger partial charge in [0, 0.05) is 0 Å². The normalized spacial score (nSPS) is 10.0. The Hall–Kier alpha value is -2.57. The van der Waals surface area contributed by atoms with Crippen molar-refractivity contribution in [2.24, 2.45) is 0 Å². The van der Waals surface area contributed by atoms with Crippen LogP contribution < -0.4 is 19.9 Å². The lowest BCUT2D eigenvalue weighted by Crippen LogP contribution is -2.04. The smallest absolute Gasteiger partial charge is 0.330 e. The van der Waals surface area contributed by atoms with E-state index in [1.165, 1.54) is 0 Å². The summed E-state index contributed by atoms with van der Waals surface area (Å²) in [4.78, 5) is 11.7. The number of anilines is 1. The van der Waals surface area contributed by atoms with Crippen molar-refractivity contribution in [2.75, 3.05) is 19.5 Å². The second-order valence-electron chi connectivity index (χ2n) is 3.47. The third-order valence-corrected chi connectivity index (χ3v) is 2.15. The van der Waals surface area contributed by atoms with Gasteiger partial charge in [0.15, 0.2) is 0 Å². The van der Waals surface area contributed by atoms with Crippen molar-refractivity contribution in [3.8, 4) is 23.5 Å². The fourth-order valence-electron chi connectivity index (χ4n) is 1.34. The van der Waals surface area contributed by atoms with Crippen molar-refractivity contribution in [3.63, 3.8) is 0 Å². The predicted octanol–water partition coefficient (Wildman–Crippen LogP) is 1.65. The number of rotatable bonds is 5. The molecule has 2 N–H and O–H groups in total. The monoisotopic (exact) mass is 262 g/mol. The summed E-state index contributed by atoms with van der Waals surface area (Å²) in [5.74, 6) is 1.34. The van der Waals surface area contributed by atoms with Crippen molar-refractivity contribution in [3.05, 3.63) is 24.3 Å². The Morgan fingerprint density at radius 3 is 2.26 bits per heavy atom. The van der Waals surface area contributed by atoms with Gasteiger partial charge in [-0.2, -0.15) is 9.97 Å². The number of nitrogen functional groups attached to an aromatic ring is 1. The molecule has 7 heteroatoms. The molecule has 0 fully saturated rings. The quantitative estimate of drug-likeness (QED) is 0.875. The molecule has 100 valence electrons. The van der Waals surface area contributed by atoms with E-state index in [9.17, 15) is 0 Å².